The lowest BCUT2D eigenvalue weighted by Crippen LogP contribution is -2.47. The summed E-state index contributed by atoms with van der Waals surface area (Å²) in [5.41, 5.74) is 0.837. The Morgan fingerprint density at radius 3 is 2.57 bits per heavy atom. The third-order valence-corrected chi connectivity index (χ3v) is 3.12. The first-order chi connectivity index (χ1) is 9.90. The second-order valence-corrected chi connectivity index (χ2v) is 5.86. The molecule has 0 bridgehead atoms. The van der Waals surface area contributed by atoms with E-state index in [1.807, 2.05) is 26.8 Å². The van der Waals surface area contributed by atoms with E-state index in [-0.39, 0.29) is 30.5 Å². The lowest BCUT2D eigenvalue weighted by molar-refractivity contribution is 0.205. The van der Waals surface area contributed by atoms with Gasteiger partial charge < -0.3 is 15.7 Å². The zero-order valence-corrected chi connectivity index (χ0v) is 12.9. The van der Waals surface area contributed by atoms with Crippen LogP contribution in [0.2, 0.25) is 0 Å². The van der Waals surface area contributed by atoms with Crippen molar-refractivity contribution in [3.63, 3.8) is 0 Å². The number of hydrogen-bond acceptors (Lipinski definition) is 2. The smallest absolute Gasteiger partial charge is 0.315 e. The summed E-state index contributed by atoms with van der Waals surface area (Å²) in [7, 11) is 0. The summed E-state index contributed by atoms with van der Waals surface area (Å²) in [6.07, 6.45) is 1.28. The van der Waals surface area contributed by atoms with Crippen molar-refractivity contribution < 1.29 is 14.3 Å². The molecule has 0 radical (unpaired) electrons. The summed E-state index contributed by atoms with van der Waals surface area (Å²) in [5.74, 6) is 0.119. The number of carbonyl (C=O) groups excluding carboxylic acids is 1. The van der Waals surface area contributed by atoms with Crippen molar-refractivity contribution in [1.29, 1.82) is 0 Å². The molecule has 3 N–H and O–H groups in total. The second-order valence-electron chi connectivity index (χ2n) is 5.86. The van der Waals surface area contributed by atoms with Gasteiger partial charge in [-0.1, -0.05) is 26.0 Å². The largest absolute Gasteiger partial charge is 0.394 e. The number of rotatable bonds is 7. The summed E-state index contributed by atoms with van der Waals surface area (Å²) >= 11 is 0. The van der Waals surface area contributed by atoms with E-state index in [1.165, 1.54) is 12.1 Å². The molecule has 0 saturated heterocycles. The van der Waals surface area contributed by atoms with E-state index in [2.05, 4.69) is 10.6 Å². The number of aliphatic hydroxyl groups excluding tert-OH is 1. The third-order valence-electron chi connectivity index (χ3n) is 3.12. The highest BCUT2D eigenvalue weighted by atomic mass is 19.1. The van der Waals surface area contributed by atoms with E-state index in [0.29, 0.717) is 12.3 Å². The third kappa shape index (κ3) is 7.09. The number of nitrogens with one attached hydrogen (secondary N) is 2. The number of benzene rings is 1. The van der Waals surface area contributed by atoms with Gasteiger partial charge in [-0.3, -0.25) is 0 Å². The van der Waals surface area contributed by atoms with Crippen LogP contribution in [-0.2, 0) is 6.42 Å². The molecule has 118 valence electrons. The molecule has 1 aromatic rings. The Balaban J connectivity index is 2.42. The molecule has 4 nitrogen and oxygen atoms in total. The van der Waals surface area contributed by atoms with Crippen molar-refractivity contribution in [2.45, 2.75) is 45.7 Å². The van der Waals surface area contributed by atoms with Crippen molar-refractivity contribution in [1.82, 2.24) is 10.6 Å². The minimum Gasteiger partial charge on any atom is -0.394 e. The lowest BCUT2D eigenvalue weighted by atomic mass is 10.0. The standard InChI is InChI=1S/C16H25FN2O2/c1-11(2)7-15(10-20)19-16(21)18-12(3)8-13-5-4-6-14(17)9-13/h4-6,9,11-12,15,20H,7-8,10H2,1-3H3,(H2,18,19,21). The van der Waals surface area contributed by atoms with Gasteiger partial charge in [-0.25, -0.2) is 9.18 Å². The minimum absolute atomic E-state index is 0.0795. The maximum Gasteiger partial charge on any atom is 0.315 e. The molecule has 0 aliphatic rings. The van der Waals surface area contributed by atoms with Gasteiger partial charge in [0.1, 0.15) is 5.82 Å². The van der Waals surface area contributed by atoms with Gasteiger partial charge in [0.15, 0.2) is 0 Å². The number of aliphatic hydroxyl groups is 1. The highest BCUT2D eigenvalue weighted by Crippen LogP contribution is 2.07. The van der Waals surface area contributed by atoms with Gasteiger partial charge in [0.2, 0.25) is 0 Å². The Bertz CT molecular complexity index is 452. The number of urea groups is 1. The predicted molar refractivity (Wildman–Crippen MR) is 81.6 cm³/mol. The van der Waals surface area contributed by atoms with Crippen LogP contribution in [0.5, 0.6) is 0 Å². The highest BCUT2D eigenvalue weighted by Gasteiger charge is 2.14. The van der Waals surface area contributed by atoms with Gasteiger partial charge >= 0.3 is 6.03 Å². The normalized spacial score (nSPS) is 13.8. The molecule has 0 aromatic heterocycles. The number of carbonyl (C=O) groups is 1. The Labute approximate surface area is 125 Å². The fraction of sp³-hybridized carbons (Fsp3) is 0.562. The van der Waals surface area contributed by atoms with Crippen LogP contribution in [0, 0.1) is 11.7 Å². The number of amides is 2. The first kappa shape index (κ1) is 17.4. The van der Waals surface area contributed by atoms with Gasteiger partial charge in [0.25, 0.3) is 0 Å². The van der Waals surface area contributed by atoms with Crippen LogP contribution in [0.3, 0.4) is 0 Å². The molecule has 0 aliphatic carbocycles. The Morgan fingerprint density at radius 1 is 1.29 bits per heavy atom. The molecule has 1 aromatic carbocycles. The molecule has 0 heterocycles. The van der Waals surface area contributed by atoms with E-state index >= 15 is 0 Å². The Kier molecular flexibility index (Phi) is 7.15. The second kappa shape index (κ2) is 8.62. The molecule has 0 saturated carbocycles. The summed E-state index contributed by atoms with van der Waals surface area (Å²) < 4.78 is 13.1. The SMILES string of the molecule is CC(C)CC(CO)NC(=O)NC(C)Cc1cccc(F)c1. The fourth-order valence-corrected chi connectivity index (χ4v) is 2.27. The molecule has 0 spiro atoms. The van der Waals surface area contributed by atoms with Gasteiger partial charge in [0, 0.05) is 6.04 Å². The highest BCUT2D eigenvalue weighted by molar-refractivity contribution is 5.74. The van der Waals surface area contributed by atoms with Crippen LogP contribution < -0.4 is 10.6 Å². The summed E-state index contributed by atoms with van der Waals surface area (Å²) in [5, 5.41) is 14.8. The van der Waals surface area contributed by atoms with Crippen molar-refractivity contribution in [2.24, 2.45) is 5.92 Å². The average molecular weight is 296 g/mol. The molecule has 2 unspecified atom stereocenters. The Hall–Kier alpha value is -1.62. The first-order valence-corrected chi connectivity index (χ1v) is 7.33. The molecule has 1 rings (SSSR count). The van der Waals surface area contributed by atoms with Crippen molar-refractivity contribution in [3.05, 3.63) is 35.6 Å². The number of hydrogen-bond donors (Lipinski definition) is 3. The quantitative estimate of drug-likeness (QED) is 0.724. The minimum atomic E-state index is -0.307. The number of halogens is 1. The molecule has 0 fully saturated rings. The lowest BCUT2D eigenvalue weighted by Gasteiger charge is -2.21. The van der Waals surface area contributed by atoms with E-state index in [0.717, 1.165) is 12.0 Å². The zero-order valence-electron chi connectivity index (χ0n) is 12.9. The van der Waals surface area contributed by atoms with Crippen molar-refractivity contribution >= 4 is 6.03 Å². The molecule has 21 heavy (non-hydrogen) atoms. The summed E-state index contributed by atoms with van der Waals surface area (Å²) in [6, 6.07) is 5.67. The van der Waals surface area contributed by atoms with Crippen LogP contribution in [-0.4, -0.2) is 29.8 Å². The van der Waals surface area contributed by atoms with Gasteiger partial charge in [-0.15, -0.1) is 0 Å². The van der Waals surface area contributed by atoms with Crippen LogP contribution in [0.4, 0.5) is 9.18 Å². The predicted octanol–water partition coefficient (Wildman–Crippen LogP) is 2.46. The van der Waals surface area contributed by atoms with E-state index in [1.54, 1.807) is 6.07 Å². The molecule has 2 atom stereocenters. The maximum absolute atomic E-state index is 13.1. The Morgan fingerprint density at radius 2 is 2.00 bits per heavy atom. The van der Waals surface area contributed by atoms with E-state index < -0.39 is 0 Å². The summed E-state index contributed by atoms with van der Waals surface area (Å²) in [6.45, 7) is 5.86. The van der Waals surface area contributed by atoms with Gasteiger partial charge in [-0.05, 0) is 43.4 Å². The first-order valence-electron chi connectivity index (χ1n) is 7.33. The van der Waals surface area contributed by atoms with Crippen molar-refractivity contribution in [2.75, 3.05) is 6.61 Å². The van der Waals surface area contributed by atoms with Crippen LogP contribution in [0.25, 0.3) is 0 Å². The monoisotopic (exact) mass is 296 g/mol. The molecule has 5 heteroatoms. The molecule has 0 aliphatic heterocycles. The van der Waals surface area contributed by atoms with Crippen molar-refractivity contribution in [3.8, 4) is 0 Å². The molecular formula is C16H25FN2O2. The molecular weight excluding hydrogens is 271 g/mol. The summed E-state index contributed by atoms with van der Waals surface area (Å²) in [4.78, 5) is 11.9. The topological polar surface area (TPSA) is 61.4 Å². The average Bonchev–Trinajstić information content (AvgIpc) is 2.36. The van der Waals surface area contributed by atoms with Crippen LogP contribution >= 0.6 is 0 Å². The van der Waals surface area contributed by atoms with Crippen LogP contribution in [0.1, 0.15) is 32.8 Å². The van der Waals surface area contributed by atoms with E-state index in [9.17, 15) is 14.3 Å². The van der Waals surface area contributed by atoms with E-state index in [4.69, 9.17) is 0 Å². The van der Waals surface area contributed by atoms with Gasteiger partial charge in [0.05, 0.1) is 12.6 Å². The zero-order chi connectivity index (χ0) is 15.8. The maximum atomic E-state index is 13.1. The van der Waals surface area contributed by atoms with Gasteiger partial charge in [-0.2, -0.15) is 0 Å². The molecule has 2 amide bonds. The van der Waals surface area contributed by atoms with Crippen LogP contribution in [0.15, 0.2) is 24.3 Å². The fourth-order valence-electron chi connectivity index (χ4n) is 2.27.